The van der Waals surface area contributed by atoms with Crippen molar-refractivity contribution in [2.45, 2.75) is 13.5 Å². The molecule has 6 aromatic rings. The molecule has 3 heteroatoms. The minimum atomic E-state index is 0.664. The van der Waals surface area contributed by atoms with Crippen LogP contribution in [0.5, 0.6) is 0 Å². The monoisotopic (exact) mass is 399 g/mol. The van der Waals surface area contributed by atoms with Gasteiger partial charge in [0.2, 0.25) is 0 Å². The van der Waals surface area contributed by atoms with E-state index in [1.54, 1.807) is 0 Å². The Kier molecular flexibility index (Phi) is 4.07. The lowest BCUT2D eigenvalue weighted by Gasteiger charge is -2.12. The van der Waals surface area contributed by atoms with Gasteiger partial charge in [-0.05, 0) is 41.5 Å². The van der Waals surface area contributed by atoms with Crippen molar-refractivity contribution >= 4 is 49.0 Å². The average molecular weight is 399 g/mol. The number of fused-ring (bicyclic) bond motifs is 6. The number of pyridine rings is 2. The Bertz CT molecular complexity index is 1600. The fourth-order valence-electron chi connectivity index (χ4n) is 4.48. The Labute approximate surface area is 180 Å². The molecule has 0 unspecified atom stereocenters. The molecule has 0 amide bonds. The maximum absolute atomic E-state index is 5.06. The quantitative estimate of drug-likeness (QED) is 0.325. The van der Waals surface area contributed by atoms with Gasteiger partial charge in [0.15, 0.2) is 0 Å². The van der Waals surface area contributed by atoms with Crippen molar-refractivity contribution in [3.05, 3.63) is 102 Å². The topological polar surface area (TPSA) is 37.8 Å². The summed E-state index contributed by atoms with van der Waals surface area (Å²) in [6.07, 6.45) is 1.86. The maximum atomic E-state index is 5.06. The number of aryl methyl sites for hydroxylation is 1. The molecule has 0 aliphatic carbocycles. The number of benzene rings is 4. The van der Waals surface area contributed by atoms with Gasteiger partial charge in [0.05, 0.1) is 23.3 Å². The van der Waals surface area contributed by atoms with E-state index < -0.39 is 0 Å². The van der Waals surface area contributed by atoms with Crippen molar-refractivity contribution in [1.29, 1.82) is 0 Å². The van der Waals surface area contributed by atoms with Crippen LogP contribution in [0.4, 0.5) is 5.69 Å². The summed E-state index contributed by atoms with van der Waals surface area (Å²) in [5.41, 5.74) is 5.45. The minimum absolute atomic E-state index is 0.664. The third-order valence-electron chi connectivity index (χ3n) is 6.07. The van der Waals surface area contributed by atoms with Gasteiger partial charge in [-0.1, -0.05) is 66.7 Å². The Hall–Kier alpha value is -3.98. The minimum Gasteiger partial charge on any atom is -0.379 e. The van der Waals surface area contributed by atoms with E-state index in [4.69, 9.17) is 4.98 Å². The lowest BCUT2D eigenvalue weighted by Crippen LogP contribution is -2.02. The van der Waals surface area contributed by atoms with E-state index in [0.717, 1.165) is 38.6 Å². The lowest BCUT2D eigenvalue weighted by atomic mass is 10.0. The third kappa shape index (κ3) is 2.98. The second kappa shape index (κ2) is 7.06. The Balaban J connectivity index is 1.45. The number of anilines is 1. The van der Waals surface area contributed by atoms with Gasteiger partial charge >= 0.3 is 0 Å². The summed E-state index contributed by atoms with van der Waals surface area (Å²) in [6, 6.07) is 29.8. The number of hydrogen-bond donors (Lipinski definition) is 1. The highest BCUT2D eigenvalue weighted by atomic mass is 14.9. The third-order valence-corrected chi connectivity index (χ3v) is 6.07. The molecular formula is C28H21N3. The first kappa shape index (κ1) is 17.8. The number of aromatic nitrogens is 2. The Morgan fingerprint density at radius 1 is 0.677 bits per heavy atom. The molecule has 0 aliphatic rings. The second-order valence-electron chi connectivity index (χ2n) is 8.01. The summed E-state index contributed by atoms with van der Waals surface area (Å²) in [4.78, 5) is 9.73. The van der Waals surface area contributed by atoms with Gasteiger partial charge in [-0.2, -0.15) is 0 Å². The zero-order valence-corrected chi connectivity index (χ0v) is 17.3. The van der Waals surface area contributed by atoms with Crippen LogP contribution >= 0.6 is 0 Å². The second-order valence-corrected chi connectivity index (χ2v) is 8.01. The average Bonchev–Trinajstić information content (AvgIpc) is 2.82. The van der Waals surface area contributed by atoms with Crippen LogP contribution in [0.25, 0.3) is 43.4 Å². The van der Waals surface area contributed by atoms with Gasteiger partial charge in [0.1, 0.15) is 0 Å². The van der Waals surface area contributed by atoms with E-state index in [2.05, 4.69) is 96.1 Å². The first-order valence-corrected chi connectivity index (χ1v) is 10.6. The summed E-state index contributed by atoms with van der Waals surface area (Å²) in [5, 5.41) is 10.7. The van der Waals surface area contributed by atoms with Crippen LogP contribution in [0.15, 0.2) is 91.1 Å². The number of rotatable bonds is 3. The fourth-order valence-corrected chi connectivity index (χ4v) is 4.48. The first-order chi connectivity index (χ1) is 15.3. The zero-order valence-electron chi connectivity index (χ0n) is 17.3. The molecule has 0 bridgehead atoms. The molecule has 6 rings (SSSR count). The summed E-state index contributed by atoms with van der Waals surface area (Å²) in [5.74, 6) is 0. The molecule has 0 saturated heterocycles. The van der Waals surface area contributed by atoms with Gasteiger partial charge in [-0.15, -0.1) is 0 Å². The smallest absolute Gasteiger partial charge is 0.0806 e. The summed E-state index contributed by atoms with van der Waals surface area (Å²) in [7, 11) is 0. The van der Waals surface area contributed by atoms with Crippen LogP contribution in [-0.4, -0.2) is 9.97 Å². The summed E-state index contributed by atoms with van der Waals surface area (Å²) < 4.78 is 0. The van der Waals surface area contributed by atoms with E-state index in [-0.39, 0.29) is 0 Å². The molecule has 0 saturated carbocycles. The Morgan fingerprint density at radius 3 is 2.32 bits per heavy atom. The molecule has 1 N–H and O–H groups in total. The van der Waals surface area contributed by atoms with E-state index in [1.807, 2.05) is 12.3 Å². The largest absolute Gasteiger partial charge is 0.379 e. The van der Waals surface area contributed by atoms with Crippen molar-refractivity contribution in [2.24, 2.45) is 0 Å². The van der Waals surface area contributed by atoms with Crippen molar-refractivity contribution in [2.75, 3.05) is 5.32 Å². The van der Waals surface area contributed by atoms with Crippen LogP contribution in [0.1, 0.15) is 11.3 Å². The molecule has 0 atom stereocenters. The first-order valence-electron chi connectivity index (χ1n) is 10.6. The molecular weight excluding hydrogens is 378 g/mol. The van der Waals surface area contributed by atoms with Crippen LogP contribution in [0.2, 0.25) is 0 Å². The molecule has 148 valence electrons. The van der Waals surface area contributed by atoms with Gasteiger partial charge in [0, 0.05) is 33.4 Å². The van der Waals surface area contributed by atoms with Gasteiger partial charge in [0.25, 0.3) is 0 Å². The maximum Gasteiger partial charge on any atom is 0.0806 e. The molecule has 31 heavy (non-hydrogen) atoms. The predicted molar refractivity (Wildman–Crippen MR) is 131 cm³/mol. The molecule has 0 radical (unpaired) electrons. The van der Waals surface area contributed by atoms with Crippen LogP contribution in [0, 0.1) is 6.92 Å². The Morgan fingerprint density at radius 2 is 1.42 bits per heavy atom. The van der Waals surface area contributed by atoms with Crippen molar-refractivity contribution in [1.82, 2.24) is 9.97 Å². The highest BCUT2D eigenvalue weighted by Crippen LogP contribution is 2.30. The fraction of sp³-hybridized carbons (Fsp3) is 0.0714. The van der Waals surface area contributed by atoms with Gasteiger partial charge < -0.3 is 5.32 Å². The molecule has 4 aromatic carbocycles. The molecule has 0 fully saturated rings. The van der Waals surface area contributed by atoms with Crippen molar-refractivity contribution in [3.63, 3.8) is 0 Å². The predicted octanol–water partition coefficient (Wildman–Crippen LogP) is 7.01. The van der Waals surface area contributed by atoms with E-state index in [0.29, 0.717) is 6.54 Å². The summed E-state index contributed by atoms with van der Waals surface area (Å²) in [6.45, 7) is 2.82. The normalized spacial score (nSPS) is 11.5. The van der Waals surface area contributed by atoms with Crippen LogP contribution in [0.3, 0.4) is 0 Å². The standard InChI is InChI=1S/C28H21N3/c1-18-5-2-8-24-23(18)7-3-9-25(24)30-17-22-15-14-21-13-11-19-10-12-20-6-4-16-29-27(20)26(19)28(21)31-22/h2-16,30H,17H2,1H3. The highest BCUT2D eigenvalue weighted by molar-refractivity contribution is 6.17. The molecule has 2 heterocycles. The van der Waals surface area contributed by atoms with Crippen LogP contribution in [-0.2, 0) is 6.54 Å². The van der Waals surface area contributed by atoms with E-state index in [9.17, 15) is 0 Å². The highest BCUT2D eigenvalue weighted by Gasteiger charge is 2.09. The number of nitrogens with zero attached hydrogens (tertiary/aromatic N) is 2. The SMILES string of the molecule is Cc1cccc2c(NCc3ccc4ccc5ccc6cccnc6c5c4n3)cccc12. The molecule has 2 aromatic heterocycles. The van der Waals surface area contributed by atoms with E-state index >= 15 is 0 Å². The summed E-state index contributed by atoms with van der Waals surface area (Å²) >= 11 is 0. The van der Waals surface area contributed by atoms with Gasteiger partial charge in [-0.25, -0.2) is 0 Å². The zero-order chi connectivity index (χ0) is 20.8. The van der Waals surface area contributed by atoms with Crippen molar-refractivity contribution in [3.8, 4) is 0 Å². The van der Waals surface area contributed by atoms with Crippen LogP contribution < -0.4 is 5.32 Å². The van der Waals surface area contributed by atoms with Crippen molar-refractivity contribution < 1.29 is 0 Å². The lowest BCUT2D eigenvalue weighted by molar-refractivity contribution is 1.07. The molecule has 3 nitrogen and oxygen atoms in total. The number of hydrogen-bond acceptors (Lipinski definition) is 3. The van der Waals surface area contributed by atoms with Gasteiger partial charge in [-0.3, -0.25) is 9.97 Å². The molecule has 0 spiro atoms. The number of nitrogens with one attached hydrogen (secondary N) is 1. The van der Waals surface area contributed by atoms with E-state index in [1.165, 1.54) is 21.7 Å². The molecule has 0 aliphatic heterocycles.